The summed E-state index contributed by atoms with van der Waals surface area (Å²) in [4.78, 5) is 0. The van der Waals surface area contributed by atoms with Gasteiger partial charge in [-0.3, -0.25) is 0 Å². The molecule has 0 saturated carbocycles. The maximum atomic E-state index is 5.57. The molecular formula is C25H34ClNO2. The number of rotatable bonds is 6. The van der Waals surface area contributed by atoms with Crippen molar-refractivity contribution in [1.82, 2.24) is 0 Å². The van der Waals surface area contributed by atoms with Crippen LogP contribution in [-0.2, 0) is 18.4 Å². The Labute approximate surface area is 182 Å². The summed E-state index contributed by atoms with van der Waals surface area (Å²) in [6, 6.07) is 13.4. The van der Waals surface area contributed by atoms with Crippen LogP contribution in [0.25, 0.3) is 0 Å². The van der Waals surface area contributed by atoms with Gasteiger partial charge in [-0.2, -0.15) is 0 Å². The van der Waals surface area contributed by atoms with Gasteiger partial charge in [0.25, 0.3) is 0 Å². The lowest BCUT2D eigenvalue weighted by Crippen LogP contribution is -3.00. The van der Waals surface area contributed by atoms with Crippen LogP contribution in [0.15, 0.2) is 36.4 Å². The molecule has 0 saturated heterocycles. The molecule has 0 fully saturated rings. The zero-order chi connectivity index (χ0) is 20.3. The lowest BCUT2D eigenvalue weighted by atomic mass is 9.86. The zero-order valence-corrected chi connectivity index (χ0v) is 19.4. The van der Waals surface area contributed by atoms with Crippen LogP contribution < -0.4 is 21.9 Å². The van der Waals surface area contributed by atoms with Crippen LogP contribution in [0.4, 0.5) is 0 Å². The van der Waals surface area contributed by atoms with E-state index in [1.165, 1.54) is 28.0 Å². The Kier molecular flexibility index (Phi) is 7.76. The van der Waals surface area contributed by atoms with Gasteiger partial charge in [0.15, 0.2) is 23.8 Å². The minimum absolute atomic E-state index is 0. The summed E-state index contributed by atoms with van der Waals surface area (Å²) in [5.41, 5.74) is 7.04. The predicted octanol–water partition coefficient (Wildman–Crippen LogP) is 2.36. The number of benzene rings is 2. The van der Waals surface area contributed by atoms with Gasteiger partial charge in [0, 0.05) is 24.0 Å². The molecule has 0 atom stereocenters. The van der Waals surface area contributed by atoms with Crippen molar-refractivity contribution in [3.63, 3.8) is 0 Å². The summed E-state index contributed by atoms with van der Waals surface area (Å²) in [5.74, 6) is 1.63. The van der Waals surface area contributed by atoms with Gasteiger partial charge in [-0.1, -0.05) is 52.0 Å². The number of methoxy groups -OCH3 is 2. The maximum Gasteiger partial charge on any atom is 0.184 e. The Morgan fingerprint density at radius 3 is 2.14 bits per heavy atom. The number of hydrogen-bond donors (Lipinski definition) is 0. The van der Waals surface area contributed by atoms with Crippen molar-refractivity contribution in [1.29, 1.82) is 0 Å². The summed E-state index contributed by atoms with van der Waals surface area (Å²) in [7, 11) is 3.42. The Balaban J connectivity index is 0.00000300. The third-order valence-electron chi connectivity index (χ3n) is 5.63. The van der Waals surface area contributed by atoms with Crippen molar-refractivity contribution in [2.45, 2.75) is 58.9 Å². The molecule has 0 aliphatic carbocycles. The van der Waals surface area contributed by atoms with Gasteiger partial charge in [-0.25, -0.2) is 4.58 Å². The van der Waals surface area contributed by atoms with Crippen molar-refractivity contribution in [2.75, 3.05) is 20.8 Å². The van der Waals surface area contributed by atoms with Crippen LogP contribution in [0, 0.1) is 0 Å². The van der Waals surface area contributed by atoms with E-state index >= 15 is 0 Å². The molecule has 3 rings (SSSR count). The second-order valence-electron chi connectivity index (χ2n) is 8.68. The van der Waals surface area contributed by atoms with E-state index in [0.717, 1.165) is 43.9 Å². The highest BCUT2D eigenvalue weighted by atomic mass is 35.5. The smallest absolute Gasteiger partial charge is 0.184 e. The Morgan fingerprint density at radius 2 is 1.59 bits per heavy atom. The molecule has 0 N–H and O–H groups in total. The van der Waals surface area contributed by atoms with E-state index in [4.69, 9.17) is 9.47 Å². The third-order valence-corrected chi connectivity index (χ3v) is 5.63. The molecule has 29 heavy (non-hydrogen) atoms. The zero-order valence-electron chi connectivity index (χ0n) is 18.6. The van der Waals surface area contributed by atoms with E-state index in [1.807, 2.05) is 0 Å². The third kappa shape index (κ3) is 5.14. The minimum Gasteiger partial charge on any atom is -1.00 e. The molecule has 4 heteroatoms. The van der Waals surface area contributed by atoms with E-state index in [0.29, 0.717) is 0 Å². The van der Waals surface area contributed by atoms with Gasteiger partial charge in [0.1, 0.15) is 6.54 Å². The van der Waals surface area contributed by atoms with Crippen molar-refractivity contribution < 1.29 is 26.5 Å². The molecule has 0 unspecified atom stereocenters. The van der Waals surface area contributed by atoms with Crippen LogP contribution in [0.2, 0.25) is 0 Å². The second-order valence-corrected chi connectivity index (χ2v) is 8.68. The molecule has 0 aromatic heterocycles. The fourth-order valence-corrected chi connectivity index (χ4v) is 3.99. The predicted molar refractivity (Wildman–Crippen MR) is 116 cm³/mol. The van der Waals surface area contributed by atoms with E-state index in [1.54, 1.807) is 14.2 Å². The monoisotopic (exact) mass is 415 g/mol. The van der Waals surface area contributed by atoms with Gasteiger partial charge < -0.3 is 21.9 Å². The average Bonchev–Trinajstić information content (AvgIpc) is 2.68. The molecule has 2 aromatic rings. The van der Waals surface area contributed by atoms with E-state index in [2.05, 4.69) is 68.7 Å². The number of hydrogen-bond acceptors (Lipinski definition) is 2. The molecule has 0 radical (unpaired) electrons. The Bertz CT molecular complexity index is 864. The van der Waals surface area contributed by atoms with Crippen molar-refractivity contribution in [3.8, 4) is 11.5 Å². The molecule has 1 aliphatic heterocycles. The largest absolute Gasteiger partial charge is 1.00 e. The fraction of sp³-hybridized carbons (Fsp3) is 0.480. The number of ether oxygens (including phenoxy) is 2. The molecule has 158 valence electrons. The summed E-state index contributed by atoms with van der Waals surface area (Å²) >= 11 is 0. The first kappa shape index (κ1) is 23.3. The van der Waals surface area contributed by atoms with Crippen LogP contribution in [0.3, 0.4) is 0 Å². The summed E-state index contributed by atoms with van der Waals surface area (Å²) in [6.45, 7) is 11.0. The van der Waals surface area contributed by atoms with Gasteiger partial charge in [0.05, 0.1) is 14.2 Å². The number of halogens is 1. The average molecular weight is 416 g/mol. The van der Waals surface area contributed by atoms with Crippen LogP contribution in [-0.4, -0.2) is 31.1 Å². The SMILES string of the molecule is CCCC1=[N+](Cc2ccc(C(C)(C)C)cc2)CCc2cc(OC)c(OC)cc21.[Cl-]. The highest BCUT2D eigenvalue weighted by Crippen LogP contribution is 2.33. The molecule has 3 nitrogen and oxygen atoms in total. The first-order chi connectivity index (χ1) is 13.4. The van der Waals surface area contributed by atoms with Crippen LogP contribution in [0.5, 0.6) is 11.5 Å². The Hall–Kier alpha value is -2.00. The fourth-order valence-electron chi connectivity index (χ4n) is 3.99. The molecule has 1 heterocycles. The van der Waals surface area contributed by atoms with Gasteiger partial charge in [0.2, 0.25) is 0 Å². The highest BCUT2D eigenvalue weighted by molar-refractivity contribution is 5.99. The molecule has 1 aliphatic rings. The van der Waals surface area contributed by atoms with Gasteiger partial charge in [-0.15, -0.1) is 0 Å². The van der Waals surface area contributed by atoms with Gasteiger partial charge >= 0.3 is 0 Å². The van der Waals surface area contributed by atoms with Crippen molar-refractivity contribution in [3.05, 3.63) is 58.7 Å². The first-order valence-electron chi connectivity index (χ1n) is 10.3. The summed E-state index contributed by atoms with van der Waals surface area (Å²) in [6.07, 6.45) is 3.23. The van der Waals surface area contributed by atoms with Crippen LogP contribution >= 0.6 is 0 Å². The van der Waals surface area contributed by atoms with Gasteiger partial charge in [-0.05, 0) is 35.1 Å². The van der Waals surface area contributed by atoms with Crippen molar-refractivity contribution >= 4 is 5.71 Å². The molecule has 2 aromatic carbocycles. The quantitative estimate of drug-likeness (QED) is 0.675. The topological polar surface area (TPSA) is 21.5 Å². The lowest BCUT2D eigenvalue weighted by Gasteiger charge is -2.21. The van der Waals surface area contributed by atoms with E-state index < -0.39 is 0 Å². The normalized spacial score (nSPS) is 13.6. The lowest BCUT2D eigenvalue weighted by molar-refractivity contribution is -0.545. The number of nitrogens with zero attached hydrogens (tertiary/aromatic N) is 1. The Morgan fingerprint density at radius 1 is 0.966 bits per heavy atom. The molecular weight excluding hydrogens is 382 g/mol. The maximum absolute atomic E-state index is 5.57. The summed E-state index contributed by atoms with van der Waals surface area (Å²) in [5, 5.41) is 0. The first-order valence-corrected chi connectivity index (χ1v) is 10.3. The van der Waals surface area contributed by atoms with Crippen LogP contribution in [0.1, 0.15) is 62.8 Å². The van der Waals surface area contributed by atoms with E-state index in [-0.39, 0.29) is 17.8 Å². The minimum atomic E-state index is 0. The summed E-state index contributed by atoms with van der Waals surface area (Å²) < 4.78 is 13.6. The number of fused-ring (bicyclic) bond motifs is 1. The molecule has 0 amide bonds. The van der Waals surface area contributed by atoms with E-state index in [9.17, 15) is 0 Å². The standard InChI is InChI=1S/C25H34NO2.ClH/c1-7-8-22-21-16-24(28-6)23(27-5)15-19(21)13-14-26(22)17-18-9-11-20(12-10-18)25(2,3)4;/h9-12,15-16H,7-8,13-14,17H2,1-6H3;1H/q+1;/p-1. The molecule has 0 spiro atoms. The highest BCUT2D eigenvalue weighted by Gasteiger charge is 2.27. The second kappa shape index (κ2) is 9.67. The molecule has 0 bridgehead atoms. The van der Waals surface area contributed by atoms with Crippen molar-refractivity contribution in [2.24, 2.45) is 0 Å².